The highest BCUT2D eigenvalue weighted by atomic mass is 16.6. The summed E-state index contributed by atoms with van der Waals surface area (Å²) in [4.78, 5) is 24.1. The maximum atomic E-state index is 12.1. The molecular formula is C29H31NO5. The Bertz CT molecular complexity index is 1140. The Labute approximate surface area is 206 Å². The first-order valence-electron chi connectivity index (χ1n) is 11.3. The number of hydrogen-bond donors (Lipinski definition) is 1. The van der Waals surface area contributed by atoms with Gasteiger partial charge in [0.05, 0.1) is 0 Å². The molecule has 0 fully saturated rings. The fraction of sp³-hybridized carbons (Fsp3) is 0.241. The second kappa shape index (κ2) is 10.9. The van der Waals surface area contributed by atoms with E-state index in [-0.39, 0.29) is 6.61 Å². The highest BCUT2D eigenvalue weighted by Gasteiger charge is 2.35. The molecule has 3 aromatic carbocycles. The van der Waals surface area contributed by atoms with Gasteiger partial charge in [-0.25, -0.2) is 9.59 Å². The van der Waals surface area contributed by atoms with E-state index in [0.717, 1.165) is 22.3 Å². The Kier molecular flexibility index (Phi) is 7.97. The summed E-state index contributed by atoms with van der Waals surface area (Å²) < 4.78 is 16.8. The summed E-state index contributed by atoms with van der Waals surface area (Å²) in [6.07, 6.45) is 2.77. The molecule has 0 aliphatic heterocycles. The highest BCUT2D eigenvalue weighted by Crippen LogP contribution is 2.36. The van der Waals surface area contributed by atoms with Gasteiger partial charge in [0.15, 0.2) is 12.2 Å². The van der Waals surface area contributed by atoms with Gasteiger partial charge in [-0.3, -0.25) is 0 Å². The molecule has 182 valence electrons. The van der Waals surface area contributed by atoms with Crippen molar-refractivity contribution in [3.8, 4) is 5.75 Å². The molecule has 0 aliphatic rings. The van der Waals surface area contributed by atoms with Crippen LogP contribution in [0.25, 0.3) is 6.08 Å². The van der Waals surface area contributed by atoms with Crippen molar-refractivity contribution in [2.24, 2.45) is 5.73 Å². The van der Waals surface area contributed by atoms with Crippen molar-refractivity contribution >= 4 is 18.1 Å². The molecule has 35 heavy (non-hydrogen) atoms. The van der Waals surface area contributed by atoms with Crippen LogP contribution in [0.2, 0.25) is 0 Å². The van der Waals surface area contributed by atoms with Gasteiger partial charge in [0.2, 0.25) is 0 Å². The van der Waals surface area contributed by atoms with E-state index < -0.39 is 23.3 Å². The molecule has 0 unspecified atom stereocenters. The second-order valence-corrected chi connectivity index (χ2v) is 9.07. The molecule has 6 nitrogen and oxygen atoms in total. The van der Waals surface area contributed by atoms with Crippen molar-refractivity contribution in [3.63, 3.8) is 0 Å². The van der Waals surface area contributed by atoms with Gasteiger partial charge in [-0.2, -0.15) is 0 Å². The number of benzene rings is 3. The lowest BCUT2D eigenvalue weighted by Crippen LogP contribution is -2.34. The number of esters is 1. The predicted molar refractivity (Wildman–Crippen MR) is 136 cm³/mol. The van der Waals surface area contributed by atoms with Crippen LogP contribution in [0, 0.1) is 6.92 Å². The molecule has 0 atom stereocenters. The monoisotopic (exact) mass is 473 g/mol. The number of ether oxygens (including phenoxy) is 3. The van der Waals surface area contributed by atoms with Gasteiger partial charge in [-0.15, -0.1) is 0 Å². The summed E-state index contributed by atoms with van der Waals surface area (Å²) >= 11 is 0. The molecule has 2 N–H and O–H groups in total. The van der Waals surface area contributed by atoms with Crippen LogP contribution >= 0.6 is 0 Å². The van der Waals surface area contributed by atoms with E-state index in [1.807, 2.05) is 91.9 Å². The van der Waals surface area contributed by atoms with E-state index in [1.54, 1.807) is 26.8 Å². The Morgan fingerprint density at radius 3 is 1.91 bits per heavy atom. The van der Waals surface area contributed by atoms with Gasteiger partial charge < -0.3 is 19.9 Å². The summed E-state index contributed by atoms with van der Waals surface area (Å²) in [5, 5.41) is 0. The Morgan fingerprint density at radius 1 is 0.829 bits per heavy atom. The van der Waals surface area contributed by atoms with Crippen LogP contribution in [0.3, 0.4) is 0 Å². The predicted octanol–water partition coefficient (Wildman–Crippen LogP) is 5.77. The molecule has 0 saturated carbocycles. The minimum absolute atomic E-state index is 0.200. The third-order valence-corrected chi connectivity index (χ3v) is 5.26. The molecule has 0 bridgehead atoms. The van der Waals surface area contributed by atoms with Crippen LogP contribution in [-0.4, -0.2) is 24.3 Å². The fourth-order valence-corrected chi connectivity index (χ4v) is 3.72. The largest absolute Gasteiger partial charge is 0.482 e. The van der Waals surface area contributed by atoms with Gasteiger partial charge in [0.25, 0.3) is 0 Å². The van der Waals surface area contributed by atoms with Crippen molar-refractivity contribution in [2.45, 2.75) is 38.9 Å². The molecule has 3 rings (SSSR count). The lowest BCUT2D eigenvalue weighted by Gasteiger charge is -2.31. The summed E-state index contributed by atoms with van der Waals surface area (Å²) in [7, 11) is 0. The van der Waals surface area contributed by atoms with Crippen LogP contribution in [0.1, 0.15) is 43.0 Å². The topological polar surface area (TPSA) is 87.9 Å². The fourth-order valence-electron chi connectivity index (χ4n) is 3.72. The number of amides is 1. The Balaban J connectivity index is 1.98. The number of carbonyl (C=O) groups is 2. The quantitative estimate of drug-likeness (QED) is 0.420. The van der Waals surface area contributed by atoms with Gasteiger partial charge in [-0.1, -0.05) is 78.9 Å². The first kappa shape index (κ1) is 25.6. The number of carbonyl (C=O) groups excluding carboxylic acids is 2. The maximum Gasteiger partial charge on any atom is 0.406 e. The van der Waals surface area contributed by atoms with E-state index in [4.69, 9.17) is 19.9 Å². The van der Waals surface area contributed by atoms with Gasteiger partial charge in [0, 0.05) is 11.1 Å². The van der Waals surface area contributed by atoms with E-state index in [9.17, 15) is 9.59 Å². The summed E-state index contributed by atoms with van der Waals surface area (Å²) in [6, 6.07) is 24.4. The number of hydrogen-bond acceptors (Lipinski definition) is 5. The van der Waals surface area contributed by atoms with Crippen LogP contribution in [0.15, 0.2) is 84.9 Å². The van der Waals surface area contributed by atoms with E-state index in [1.165, 1.54) is 0 Å². The van der Waals surface area contributed by atoms with Crippen molar-refractivity contribution in [3.05, 3.63) is 107 Å². The number of rotatable bonds is 8. The summed E-state index contributed by atoms with van der Waals surface area (Å²) in [5.41, 5.74) is 6.85. The molecule has 0 aromatic heterocycles. The molecule has 0 saturated heterocycles. The molecule has 0 spiro atoms. The van der Waals surface area contributed by atoms with Crippen LogP contribution in [-0.2, 0) is 19.9 Å². The van der Waals surface area contributed by atoms with Crippen molar-refractivity contribution in [1.29, 1.82) is 0 Å². The molecule has 0 heterocycles. The molecule has 0 radical (unpaired) electrons. The van der Waals surface area contributed by atoms with E-state index in [2.05, 4.69) is 0 Å². The SMILES string of the molecule is Cc1c(/C=C\C(OC(N)=O)(c2ccccc2)c2ccccc2)cccc1OCC(=O)OC(C)(C)C. The van der Waals surface area contributed by atoms with Crippen molar-refractivity contribution in [2.75, 3.05) is 6.61 Å². The minimum Gasteiger partial charge on any atom is -0.482 e. The Morgan fingerprint density at radius 2 is 1.40 bits per heavy atom. The molecule has 0 aliphatic carbocycles. The average Bonchev–Trinajstić information content (AvgIpc) is 2.81. The zero-order valence-electron chi connectivity index (χ0n) is 20.5. The minimum atomic E-state index is -1.24. The first-order chi connectivity index (χ1) is 16.6. The lowest BCUT2D eigenvalue weighted by molar-refractivity contribution is -0.157. The molecular weight excluding hydrogens is 442 g/mol. The normalized spacial score (nSPS) is 11.8. The number of nitrogens with two attached hydrogens (primary N) is 1. The maximum absolute atomic E-state index is 12.1. The standard InChI is InChI=1S/C29H31NO5/c1-21-22(12-11-17-25(21)33-20-26(31)34-28(2,3)4)18-19-29(35-27(30)32,23-13-7-5-8-14-23)24-15-9-6-10-16-24/h5-19H,20H2,1-4H3,(H2,30,32)/b19-18-. The first-order valence-corrected chi connectivity index (χ1v) is 11.3. The zero-order chi connectivity index (χ0) is 25.5. The lowest BCUT2D eigenvalue weighted by atomic mass is 9.85. The van der Waals surface area contributed by atoms with E-state index >= 15 is 0 Å². The summed E-state index contributed by atoms with van der Waals surface area (Å²) in [6.45, 7) is 7.12. The molecule has 6 heteroatoms. The van der Waals surface area contributed by atoms with Gasteiger partial charge >= 0.3 is 12.1 Å². The second-order valence-electron chi connectivity index (χ2n) is 9.07. The van der Waals surface area contributed by atoms with Gasteiger partial charge in [-0.05, 0) is 51.0 Å². The van der Waals surface area contributed by atoms with E-state index in [0.29, 0.717) is 5.75 Å². The Hall–Kier alpha value is -4.06. The van der Waals surface area contributed by atoms with Crippen molar-refractivity contribution in [1.82, 2.24) is 0 Å². The smallest absolute Gasteiger partial charge is 0.406 e. The van der Waals surface area contributed by atoms with Crippen LogP contribution in [0.5, 0.6) is 5.75 Å². The number of primary amides is 1. The van der Waals surface area contributed by atoms with Crippen LogP contribution < -0.4 is 10.5 Å². The third kappa shape index (κ3) is 6.73. The molecule has 1 amide bonds. The van der Waals surface area contributed by atoms with Gasteiger partial charge in [0.1, 0.15) is 11.4 Å². The van der Waals surface area contributed by atoms with Crippen LogP contribution in [0.4, 0.5) is 4.79 Å². The average molecular weight is 474 g/mol. The zero-order valence-corrected chi connectivity index (χ0v) is 20.5. The summed E-state index contributed by atoms with van der Waals surface area (Å²) in [5.74, 6) is 0.110. The third-order valence-electron chi connectivity index (χ3n) is 5.26. The molecule has 3 aromatic rings. The van der Waals surface area contributed by atoms with Crippen molar-refractivity contribution < 1.29 is 23.8 Å². The highest BCUT2D eigenvalue weighted by molar-refractivity contribution is 5.72.